The van der Waals surface area contributed by atoms with E-state index in [4.69, 9.17) is 16.3 Å². The molecule has 0 radical (unpaired) electrons. The van der Waals surface area contributed by atoms with E-state index < -0.39 is 28.9 Å². The van der Waals surface area contributed by atoms with Crippen molar-refractivity contribution in [2.75, 3.05) is 11.9 Å². The monoisotopic (exact) mass is 400 g/mol. The molecule has 3 rings (SSSR count). The van der Waals surface area contributed by atoms with Crippen LogP contribution in [-0.2, 0) is 19.9 Å². The summed E-state index contributed by atoms with van der Waals surface area (Å²) in [5, 5.41) is 2.94. The molecule has 1 unspecified atom stereocenters. The van der Waals surface area contributed by atoms with Gasteiger partial charge in [-0.3, -0.25) is 9.59 Å². The Bertz CT molecular complexity index is 967. The van der Waals surface area contributed by atoms with E-state index in [2.05, 4.69) is 5.32 Å². The SMILES string of the molecule is CN1C(=O)C(OC(=O)c2ccccc2Cl)(C(=O)NC(C)(C)C)c2ccccc21. The largest absolute Gasteiger partial charge is 0.430 e. The molecule has 1 heterocycles. The molecule has 0 aromatic heterocycles. The number of hydrogen-bond acceptors (Lipinski definition) is 4. The van der Waals surface area contributed by atoms with Crippen LogP contribution in [0.15, 0.2) is 48.5 Å². The Balaban J connectivity index is 2.14. The number of fused-ring (bicyclic) bond motifs is 1. The second-order valence-corrected chi connectivity index (χ2v) is 8.04. The summed E-state index contributed by atoms with van der Waals surface area (Å²) in [5.41, 5.74) is -1.88. The van der Waals surface area contributed by atoms with Crippen LogP contribution >= 0.6 is 11.6 Å². The van der Waals surface area contributed by atoms with Crippen LogP contribution in [-0.4, -0.2) is 30.4 Å². The zero-order valence-electron chi connectivity index (χ0n) is 16.1. The molecule has 0 bridgehead atoms. The van der Waals surface area contributed by atoms with Crippen molar-refractivity contribution in [2.45, 2.75) is 31.9 Å². The number of halogens is 1. The van der Waals surface area contributed by atoms with Gasteiger partial charge in [0, 0.05) is 18.2 Å². The first kappa shape index (κ1) is 19.9. The predicted octanol–water partition coefficient (Wildman–Crippen LogP) is 3.28. The van der Waals surface area contributed by atoms with Crippen LogP contribution in [0.5, 0.6) is 0 Å². The van der Waals surface area contributed by atoms with Gasteiger partial charge < -0.3 is 15.0 Å². The van der Waals surface area contributed by atoms with Crippen molar-refractivity contribution < 1.29 is 19.1 Å². The van der Waals surface area contributed by atoms with Gasteiger partial charge in [-0.15, -0.1) is 0 Å². The van der Waals surface area contributed by atoms with Gasteiger partial charge in [-0.2, -0.15) is 0 Å². The number of carbonyl (C=O) groups excluding carboxylic acids is 3. The van der Waals surface area contributed by atoms with E-state index in [0.29, 0.717) is 11.3 Å². The van der Waals surface area contributed by atoms with Gasteiger partial charge in [0.25, 0.3) is 17.4 Å². The number of ether oxygens (including phenoxy) is 1. The summed E-state index contributed by atoms with van der Waals surface area (Å²) >= 11 is 6.10. The maximum atomic E-state index is 13.3. The van der Waals surface area contributed by atoms with Crippen LogP contribution in [0.1, 0.15) is 36.7 Å². The standard InChI is InChI=1S/C21H21ClN2O4/c1-20(2,3)23-18(26)21(28-17(25)13-9-5-7-11-15(13)22)14-10-6-8-12-16(14)24(4)19(21)27/h5-12H,1-4H3,(H,23,26). The molecule has 6 nitrogen and oxygen atoms in total. The minimum Gasteiger partial charge on any atom is -0.430 e. The summed E-state index contributed by atoms with van der Waals surface area (Å²) in [7, 11) is 1.54. The minimum atomic E-state index is -2.13. The second kappa shape index (κ2) is 6.95. The molecule has 1 atom stereocenters. The van der Waals surface area contributed by atoms with E-state index in [1.165, 1.54) is 24.1 Å². The van der Waals surface area contributed by atoms with E-state index in [0.717, 1.165) is 0 Å². The fourth-order valence-electron chi connectivity index (χ4n) is 3.14. The highest BCUT2D eigenvalue weighted by Crippen LogP contribution is 2.43. The number of esters is 1. The third-order valence-electron chi connectivity index (χ3n) is 4.40. The summed E-state index contributed by atoms with van der Waals surface area (Å²) in [6.07, 6.45) is 0. The van der Waals surface area contributed by atoms with Crippen molar-refractivity contribution in [1.29, 1.82) is 0 Å². The number of para-hydroxylation sites is 1. The molecule has 0 aliphatic carbocycles. The van der Waals surface area contributed by atoms with Crippen molar-refractivity contribution in [2.24, 2.45) is 0 Å². The first-order valence-corrected chi connectivity index (χ1v) is 9.14. The zero-order chi connectivity index (χ0) is 20.7. The van der Waals surface area contributed by atoms with Gasteiger partial charge in [0.15, 0.2) is 0 Å². The van der Waals surface area contributed by atoms with Gasteiger partial charge in [-0.1, -0.05) is 41.9 Å². The summed E-state index contributed by atoms with van der Waals surface area (Å²) in [4.78, 5) is 40.7. The molecule has 1 aliphatic heterocycles. The van der Waals surface area contributed by atoms with Crippen molar-refractivity contribution in [3.8, 4) is 0 Å². The van der Waals surface area contributed by atoms with Crippen LogP contribution in [0.4, 0.5) is 5.69 Å². The molecule has 0 saturated heterocycles. The molecule has 0 saturated carbocycles. The zero-order valence-corrected chi connectivity index (χ0v) is 16.8. The average Bonchev–Trinajstić information content (AvgIpc) is 2.84. The lowest BCUT2D eigenvalue weighted by atomic mass is 9.92. The molecule has 0 spiro atoms. The van der Waals surface area contributed by atoms with Crippen LogP contribution in [0.3, 0.4) is 0 Å². The van der Waals surface area contributed by atoms with Gasteiger partial charge in [0.1, 0.15) is 0 Å². The number of nitrogens with one attached hydrogen (secondary N) is 1. The quantitative estimate of drug-likeness (QED) is 0.633. The molecule has 1 N–H and O–H groups in total. The number of benzene rings is 2. The molecule has 1 aliphatic rings. The minimum absolute atomic E-state index is 0.0759. The van der Waals surface area contributed by atoms with E-state index in [-0.39, 0.29) is 10.6 Å². The van der Waals surface area contributed by atoms with Gasteiger partial charge in [0.05, 0.1) is 16.3 Å². The number of carbonyl (C=O) groups is 3. The van der Waals surface area contributed by atoms with E-state index in [9.17, 15) is 14.4 Å². The maximum Gasteiger partial charge on any atom is 0.341 e. The number of anilines is 1. The van der Waals surface area contributed by atoms with Crippen molar-refractivity contribution in [3.63, 3.8) is 0 Å². The van der Waals surface area contributed by atoms with Crippen molar-refractivity contribution in [1.82, 2.24) is 5.32 Å². The lowest BCUT2D eigenvalue weighted by Crippen LogP contribution is -2.57. The van der Waals surface area contributed by atoms with Crippen LogP contribution in [0.25, 0.3) is 0 Å². The molecular weight excluding hydrogens is 380 g/mol. The Kier molecular flexibility index (Phi) is 4.93. The number of hydrogen-bond donors (Lipinski definition) is 1. The van der Waals surface area contributed by atoms with Gasteiger partial charge in [-0.05, 0) is 39.0 Å². The normalized spacial score (nSPS) is 18.6. The summed E-state index contributed by atoms with van der Waals surface area (Å²) in [6.45, 7) is 5.34. The Morgan fingerprint density at radius 2 is 1.68 bits per heavy atom. The summed E-state index contributed by atoms with van der Waals surface area (Å²) in [5.74, 6) is -2.20. The molecule has 2 aromatic rings. The van der Waals surface area contributed by atoms with Gasteiger partial charge in [0.2, 0.25) is 0 Å². The maximum absolute atomic E-state index is 13.3. The van der Waals surface area contributed by atoms with Crippen molar-refractivity contribution >= 4 is 35.1 Å². The lowest BCUT2D eigenvalue weighted by molar-refractivity contribution is -0.153. The first-order valence-electron chi connectivity index (χ1n) is 8.76. The highest BCUT2D eigenvalue weighted by atomic mass is 35.5. The molecular formula is C21H21ClN2O4. The average molecular weight is 401 g/mol. The number of likely N-dealkylation sites (N-methyl/N-ethyl adjacent to an activating group) is 1. The summed E-state index contributed by atoms with van der Waals surface area (Å²) < 4.78 is 5.66. The number of rotatable bonds is 3. The first-order chi connectivity index (χ1) is 13.1. The highest BCUT2D eigenvalue weighted by Gasteiger charge is 2.59. The number of nitrogens with zero attached hydrogens (tertiary/aromatic N) is 1. The predicted molar refractivity (Wildman–Crippen MR) is 106 cm³/mol. The van der Waals surface area contributed by atoms with E-state index in [1.807, 2.05) is 0 Å². The van der Waals surface area contributed by atoms with E-state index in [1.54, 1.807) is 57.2 Å². The Hall–Kier alpha value is -2.86. The lowest BCUT2D eigenvalue weighted by Gasteiger charge is -2.31. The smallest absolute Gasteiger partial charge is 0.341 e. The third kappa shape index (κ3) is 3.24. The fraction of sp³-hybridized carbons (Fsp3) is 0.286. The van der Waals surface area contributed by atoms with Crippen LogP contribution in [0, 0.1) is 0 Å². The molecule has 28 heavy (non-hydrogen) atoms. The fourth-order valence-corrected chi connectivity index (χ4v) is 3.35. The molecule has 2 amide bonds. The number of amides is 2. The van der Waals surface area contributed by atoms with Crippen LogP contribution < -0.4 is 10.2 Å². The third-order valence-corrected chi connectivity index (χ3v) is 4.73. The summed E-state index contributed by atoms with van der Waals surface area (Å²) in [6, 6.07) is 13.1. The van der Waals surface area contributed by atoms with Crippen molar-refractivity contribution in [3.05, 3.63) is 64.7 Å². The van der Waals surface area contributed by atoms with E-state index >= 15 is 0 Å². The molecule has 0 fully saturated rings. The second-order valence-electron chi connectivity index (χ2n) is 7.64. The van der Waals surface area contributed by atoms with Gasteiger partial charge >= 0.3 is 5.97 Å². The Morgan fingerprint density at radius 3 is 2.32 bits per heavy atom. The Morgan fingerprint density at radius 1 is 1.07 bits per heavy atom. The molecule has 7 heteroatoms. The Labute approximate surface area is 168 Å². The van der Waals surface area contributed by atoms with Gasteiger partial charge in [-0.25, -0.2) is 4.79 Å². The highest BCUT2D eigenvalue weighted by molar-refractivity contribution is 6.33. The topological polar surface area (TPSA) is 75.7 Å². The van der Waals surface area contributed by atoms with Crippen LogP contribution in [0.2, 0.25) is 5.02 Å². The molecule has 146 valence electrons. The molecule has 2 aromatic carbocycles.